The summed E-state index contributed by atoms with van der Waals surface area (Å²) in [5.41, 5.74) is 1.69. The molecule has 1 N–H and O–H groups in total. The number of urea groups is 1. The first-order valence-corrected chi connectivity index (χ1v) is 7.06. The molecule has 0 aliphatic carbocycles. The number of rotatable bonds is 2. The van der Waals surface area contributed by atoms with Crippen LogP contribution in [0.5, 0.6) is 0 Å². The van der Waals surface area contributed by atoms with Gasteiger partial charge < -0.3 is 10.2 Å². The predicted molar refractivity (Wildman–Crippen MR) is 73.7 cm³/mol. The van der Waals surface area contributed by atoms with Gasteiger partial charge in [0.2, 0.25) is 0 Å². The average Bonchev–Trinajstić information content (AvgIpc) is 2.37. The molecular formula is C14H22N4O. The molecule has 0 aromatic carbocycles. The molecule has 1 aromatic heterocycles. The summed E-state index contributed by atoms with van der Waals surface area (Å²) >= 11 is 0. The summed E-state index contributed by atoms with van der Waals surface area (Å²) in [7, 11) is 0. The summed E-state index contributed by atoms with van der Waals surface area (Å²) in [4.78, 5) is 22.4. The maximum atomic E-state index is 12.1. The second-order valence-corrected chi connectivity index (χ2v) is 5.06. The maximum Gasteiger partial charge on any atom is 0.317 e. The third kappa shape index (κ3) is 4.50. The third-order valence-corrected chi connectivity index (χ3v) is 3.40. The molecule has 0 saturated carbocycles. The van der Waals surface area contributed by atoms with Crippen molar-refractivity contribution in [2.24, 2.45) is 0 Å². The smallest absolute Gasteiger partial charge is 0.317 e. The Bertz CT molecular complexity index is 396. The van der Waals surface area contributed by atoms with Crippen molar-refractivity contribution in [3.8, 4) is 0 Å². The number of hydrogen-bond donors (Lipinski definition) is 1. The summed E-state index contributed by atoms with van der Waals surface area (Å²) in [5.74, 6) is 0. The number of amides is 2. The quantitative estimate of drug-likeness (QED) is 0.889. The van der Waals surface area contributed by atoms with Gasteiger partial charge in [0.1, 0.15) is 0 Å². The SMILES string of the molecule is Cc1cnc(CNC(=O)N2CCCCCCC2)cn1. The molecule has 19 heavy (non-hydrogen) atoms. The van der Waals surface area contributed by atoms with E-state index in [1.54, 1.807) is 12.4 Å². The first kappa shape index (κ1) is 13.8. The topological polar surface area (TPSA) is 58.1 Å². The Kier molecular flexibility index (Phi) is 5.12. The lowest BCUT2D eigenvalue weighted by molar-refractivity contribution is 0.191. The number of carbonyl (C=O) groups is 1. The molecule has 0 unspecified atom stereocenters. The molecule has 1 fully saturated rings. The van der Waals surface area contributed by atoms with Gasteiger partial charge in [0.05, 0.1) is 24.1 Å². The van der Waals surface area contributed by atoms with Crippen LogP contribution in [0.2, 0.25) is 0 Å². The zero-order valence-electron chi connectivity index (χ0n) is 11.6. The first-order valence-electron chi connectivity index (χ1n) is 7.06. The average molecular weight is 262 g/mol. The molecule has 1 aliphatic rings. The number of aromatic nitrogens is 2. The zero-order valence-corrected chi connectivity index (χ0v) is 11.6. The van der Waals surface area contributed by atoms with E-state index in [9.17, 15) is 4.79 Å². The highest BCUT2D eigenvalue weighted by Crippen LogP contribution is 2.10. The molecule has 1 saturated heterocycles. The zero-order chi connectivity index (χ0) is 13.5. The van der Waals surface area contributed by atoms with Crippen LogP contribution in [-0.4, -0.2) is 34.0 Å². The van der Waals surface area contributed by atoms with Crippen molar-refractivity contribution in [2.45, 2.75) is 45.6 Å². The lowest BCUT2D eigenvalue weighted by Crippen LogP contribution is -2.41. The molecule has 0 bridgehead atoms. The number of nitrogens with one attached hydrogen (secondary N) is 1. The summed E-state index contributed by atoms with van der Waals surface area (Å²) in [5, 5.41) is 2.92. The van der Waals surface area contributed by atoms with Crippen molar-refractivity contribution in [2.75, 3.05) is 13.1 Å². The Morgan fingerprint density at radius 1 is 1.16 bits per heavy atom. The van der Waals surface area contributed by atoms with E-state index in [-0.39, 0.29) is 6.03 Å². The molecule has 2 amide bonds. The summed E-state index contributed by atoms with van der Waals surface area (Å²) in [6.45, 7) is 4.08. The Morgan fingerprint density at radius 3 is 2.47 bits per heavy atom. The maximum absolute atomic E-state index is 12.1. The Morgan fingerprint density at radius 2 is 1.84 bits per heavy atom. The standard InChI is InChI=1S/C14H22N4O/c1-12-9-16-13(10-15-12)11-17-14(19)18-7-5-3-2-4-6-8-18/h9-10H,2-8,11H2,1H3,(H,17,19). The highest BCUT2D eigenvalue weighted by Gasteiger charge is 2.14. The molecule has 5 nitrogen and oxygen atoms in total. The van der Waals surface area contributed by atoms with E-state index in [1.807, 2.05) is 11.8 Å². The van der Waals surface area contributed by atoms with Gasteiger partial charge in [-0.2, -0.15) is 0 Å². The molecule has 104 valence electrons. The van der Waals surface area contributed by atoms with Crippen LogP contribution in [0, 0.1) is 6.92 Å². The van der Waals surface area contributed by atoms with Crippen molar-refractivity contribution in [1.29, 1.82) is 0 Å². The van der Waals surface area contributed by atoms with Crippen molar-refractivity contribution < 1.29 is 4.79 Å². The molecule has 2 heterocycles. The van der Waals surface area contributed by atoms with Gasteiger partial charge in [-0.1, -0.05) is 19.3 Å². The highest BCUT2D eigenvalue weighted by molar-refractivity contribution is 5.74. The normalized spacial score (nSPS) is 16.6. The van der Waals surface area contributed by atoms with Gasteiger partial charge in [-0.05, 0) is 19.8 Å². The van der Waals surface area contributed by atoms with E-state index < -0.39 is 0 Å². The van der Waals surface area contributed by atoms with E-state index in [4.69, 9.17) is 0 Å². The van der Waals surface area contributed by atoms with Crippen molar-refractivity contribution in [1.82, 2.24) is 20.2 Å². The van der Waals surface area contributed by atoms with Gasteiger partial charge in [0.15, 0.2) is 0 Å². The predicted octanol–water partition coefficient (Wildman–Crippen LogP) is 2.26. The summed E-state index contributed by atoms with van der Waals surface area (Å²) in [6.07, 6.45) is 9.41. The van der Waals surface area contributed by atoms with E-state index in [0.717, 1.165) is 37.3 Å². The van der Waals surface area contributed by atoms with Gasteiger partial charge >= 0.3 is 6.03 Å². The van der Waals surface area contributed by atoms with Crippen LogP contribution < -0.4 is 5.32 Å². The van der Waals surface area contributed by atoms with Crippen LogP contribution in [0.1, 0.15) is 43.5 Å². The van der Waals surface area contributed by atoms with E-state index in [0.29, 0.717) is 6.54 Å². The molecule has 0 atom stereocenters. The van der Waals surface area contributed by atoms with Gasteiger partial charge in [-0.15, -0.1) is 0 Å². The number of carbonyl (C=O) groups excluding carboxylic acids is 1. The van der Waals surface area contributed by atoms with Crippen LogP contribution in [0.25, 0.3) is 0 Å². The van der Waals surface area contributed by atoms with Crippen LogP contribution in [0.4, 0.5) is 4.79 Å². The Balaban J connectivity index is 1.80. The minimum absolute atomic E-state index is 0.0178. The monoisotopic (exact) mass is 262 g/mol. The van der Waals surface area contributed by atoms with Crippen LogP contribution in [-0.2, 0) is 6.54 Å². The fourth-order valence-electron chi connectivity index (χ4n) is 2.24. The van der Waals surface area contributed by atoms with Gasteiger partial charge in [-0.3, -0.25) is 9.97 Å². The number of likely N-dealkylation sites (tertiary alicyclic amines) is 1. The first-order chi connectivity index (χ1) is 9.25. The largest absolute Gasteiger partial charge is 0.332 e. The minimum Gasteiger partial charge on any atom is -0.332 e. The second kappa shape index (κ2) is 7.07. The highest BCUT2D eigenvalue weighted by atomic mass is 16.2. The van der Waals surface area contributed by atoms with Gasteiger partial charge in [0, 0.05) is 19.3 Å². The van der Waals surface area contributed by atoms with E-state index >= 15 is 0 Å². The molecule has 0 radical (unpaired) electrons. The van der Waals surface area contributed by atoms with Crippen molar-refractivity contribution in [3.05, 3.63) is 23.8 Å². The Labute approximate surface area is 114 Å². The van der Waals surface area contributed by atoms with Gasteiger partial charge in [0.25, 0.3) is 0 Å². The second-order valence-electron chi connectivity index (χ2n) is 5.06. The molecule has 5 heteroatoms. The summed E-state index contributed by atoms with van der Waals surface area (Å²) in [6, 6.07) is 0.0178. The number of hydrogen-bond acceptors (Lipinski definition) is 3. The number of nitrogens with zero attached hydrogens (tertiary/aromatic N) is 3. The lowest BCUT2D eigenvalue weighted by atomic mass is 10.1. The fraction of sp³-hybridized carbons (Fsp3) is 0.643. The minimum atomic E-state index is 0.0178. The molecule has 2 rings (SSSR count). The molecule has 0 spiro atoms. The lowest BCUT2D eigenvalue weighted by Gasteiger charge is -2.24. The van der Waals surface area contributed by atoms with Crippen LogP contribution in [0.15, 0.2) is 12.4 Å². The fourth-order valence-corrected chi connectivity index (χ4v) is 2.24. The van der Waals surface area contributed by atoms with Crippen LogP contribution >= 0.6 is 0 Å². The van der Waals surface area contributed by atoms with Crippen molar-refractivity contribution in [3.63, 3.8) is 0 Å². The molecule has 1 aromatic rings. The van der Waals surface area contributed by atoms with E-state index in [1.165, 1.54) is 19.3 Å². The number of aryl methyl sites for hydroxylation is 1. The van der Waals surface area contributed by atoms with Crippen molar-refractivity contribution >= 4 is 6.03 Å². The van der Waals surface area contributed by atoms with Gasteiger partial charge in [-0.25, -0.2) is 4.79 Å². The van der Waals surface area contributed by atoms with E-state index in [2.05, 4.69) is 15.3 Å². The molecular weight excluding hydrogens is 240 g/mol. The third-order valence-electron chi connectivity index (χ3n) is 3.40. The Hall–Kier alpha value is -1.65. The van der Waals surface area contributed by atoms with Crippen LogP contribution in [0.3, 0.4) is 0 Å². The summed E-state index contributed by atoms with van der Waals surface area (Å²) < 4.78 is 0. The molecule has 1 aliphatic heterocycles.